The van der Waals surface area contributed by atoms with Crippen LogP contribution in [0.25, 0.3) is 44.8 Å². The van der Waals surface area contributed by atoms with Gasteiger partial charge in [-0.1, -0.05) is 125 Å². The molecular weight excluding hydrogens is 1090 g/mol. The third kappa shape index (κ3) is 17.4. The fourth-order valence-corrected chi connectivity index (χ4v) is 10.4. The molecule has 8 aromatic rings. The monoisotopic (exact) mass is 1150 g/mol. The number of carbonyl (C=O) groups excluding carboxylic acids is 4. The number of carboxylic acid groups (broad SMARTS) is 2. The first-order valence-electron chi connectivity index (χ1n) is 27.3. The predicted octanol–water partition coefficient (Wildman–Crippen LogP) is 9.58. The molecule has 2 aromatic heterocycles. The summed E-state index contributed by atoms with van der Waals surface area (Å²) in [7, 11) is 0. The van der Waals surface area contributed by atoms with E-state index >= 15 is 0 Å². The number of rotatable bonds is 24. The molecule has 14 nitrogen and oxygen atoms in total. The Hall–Kier alpha value is -7.28. The standard InChI is InChI=1S/2C33H35FN2O5.Ca/c2*1-21(2)31-30(33(41)35-25-11-7-4-8-12-25)29(22-9-5-3-6-10-22)32(23-13-15-24(34)16-14-23)36(31)18-17-26(37)19-27(38)20-28(39)40;/h2*3-16,21,26-27,37-38H,17-20H2,1-2H3,(H,35,41)(H,39,40);/q;;+2/p-2/t2*26-,27-;/m10./s1. The summed E-state index contributed by atoms with van der Waals surface area (Å²) < 4.78 is 32.0. The topological polar surface area (TPSA) is 229 Å². The molecule has 83 heavy (non-hydrogen) atoms. The maximum atomic E-state index is 14.0. The van der Waals surface area contributed by atoms with Gasteiger partial charge in [0.05, 0.1) is 46.9 Å². The quantitative estimate of drug-likeness (QED) is 0.0314. The maximum absolute atomic E-state index is 14.0. The zero-order chi connectivity index (χ0) is 59.0. The van der Waals surface area contributed by atoms with Crippen LogP contribution in [0.15, 0.2) is 170 Å². The number of benzene rings is 6. The summed E-state index contributed by atoms with van der Waals surface area (Å²) >= 11 is 0. The smallest absolute Gasteiger partial charge is 0.550 e. The number of aliphatic carboxylic acids is 2. The Morgan fingerprint density at radius 2 is 0.747 bits per heavy atom. The summed E-state index contributed by atoms with van der Waals surface area (Å²) in [5, 5.41) is 69.2. The number of anilines is 2. The first-order chi connectivity index (χ1) is 39.3. The number of nitrogens with zero attached hydrogens (tertiary/aromatic N) is 2. The van der Waals surface area contributed by atoms with Crippen molar-refractivity contribution in [3.63, 3.8) is 0 Å². The van der Waals surface area contributed by atoms with E-state index in [1.807, 2.05) is 134 Å². The van der Waals surface area contributed by atoms with Crippen LogP contribution in [0.1, 0.15) is 110 Å². The van der Waals surface area contributed by atoms with E-state index in [1.54, 1.807) is 48.5 Å². The number of aromatic nitrogens is 2. The first kappa shape index (κ1) is 64.9. The van der Waals surface area contributed by atoms with Gasteiger partial charge in [-0.2, -0.15) is 0 Å². The molecule has 0 aliphatic heterocycles. The van der Waals surface area contributed by atoms with Crippen LogP contribution in [0.4, 0.5) is 20.2 Å². The molecule has 0 saturated heterocycles. The number of aliphatic hydroxyl groups is 4. The minimum Gasteiger partial charge on any atom is -0.550 e. The van der Waals surface area contributed by atoms with Gasteiger partial charge in [0.2, 0.25) is 0 Å². The molecule has 4 atom stereocenters. The molecular formula is C66H68CaF2N4O10. The SMILES string of the molecule is CC(C)c1c(C(=O)Nc2ccccc2)c(-c2ccccc2)c(-c2ccc(F)cc2)n1CC[C@@H](O)C[C@@H](O)CC(=O)[O-].CC(C)c1c(C(=O)Nc2ccccc2)c(-c2ccccc2)c(-c2ccc(F)cc2)n1CC[C@H](O)C[C@H](O)CC(=O)[O-].[Ca+2]. The summed E-state index contributed by atoms with van der Waals surface area (Å²) in [6.45, 7) is 8.45. The van der Waals surface area contributed by atoms with Crippen LogP contribution in [0.2, 0.25) is 0 Å². The van der Waals surface area contributed by atoms with E-state index in [4.69, 9.17) is 0 Å². The molecule has 0 saturated carbocycles. The van der Waals surface area contributed by atoms with Crippen molar-refractivity contribution >= 4 is 72.9 Å². The van der Waals surface area contributed by atoms with Crippen molar-refractivity contribution in [2.75, 3.05) is 10.6 Å². The van der Waals surface area contributed by atoms with Crippen molar-refractivity contribution in [3.8, 4) is 44.8 Å². The number of carboxylic acids is 2. The van der Waals surface area contributed by atoms with Crippen molar-refractivity contribution < 1.29 is 58.6 Å². The van der Waals surface area contributed by atoms with Crippen molar-refractivity contribution in [1.82, 2.24) is 9.13 Å². The molecule has 0 aliphatic carbocycles. The van der Waals surface area contributed by atoms with Gasteiger partial charge in [0.25, 0.3) is 11.8 Å². The van der Waals surface area contributed by atoms with Crippen LogP contribution < -0.4 is 20.8 Å². The molecule has 0 spiro atoms. The average Bonchev–Trinajstić information content (AvgIpc) is 3.14. The number of hydrogen-bond acceptors (Lipinski definition) is 10. The van der Waals surface area contributed by atoms with E-state index in [0.717, 1.165) is 22.5 Å². The number of hydrogen-bond donors (Lipinski definition) is 6. The van der Waals surface area contributed by atoms with Crippen LogP contribution >= 0.6 is 0 Å². The van der Waals surface area contributed by atoms with Crippen LogP contribution in [0.3, 0.4) is 0 Å². The zero-order valence-electron chi connectivity index (χ0n) is 46.9. The van der Waals surface area contributed by atoms with E-state index in [0.29, 0.717) is 56.1 Å². The van der Waals surface area contributed by atoms with E-state index in [2.05, 4.69) is 10.6 Å². The summed E-state index contributed by atoms with van der Waals surface area (Å²) in [5.74, 6) is -4.41. The van der Waals surface area contributed by atoms with Gasteiger partial charge in [-0.05, 0) is 133 Å². The maximum Gasteiger partial charge on any atom is 2.00 e. The van der Waals surface area contributed by atoms with Gasteiger partial charge in [-0.15, -0.1) is 0 Å². The minimum atomic E-state index is -1.39. The van der Waals surface area contributed by atoms with Crippen molar-refractivity contribution in [2.24, 2.45) is 0 Å². The van der Waals surface area contributed by atoms with Gasteiger partial charge < -0.3 is 60.0 Å². The van der Waals surface area contributed by atoms with Gasteiger partial charge in [-0.25, -0.2) is 8.78 Å². The van der Waals surface area contributed by atoms with Crippen molar-refractivity contribution in [3.05, 3.63) is 204 Å². The van der Waals surface area contributed by atoms with E-state index in [1.165, 1.54) is 24.3 Å². The minimum absolute atomic E-state index is 0. The van der Waals surface area contributed by atoms with Crippen molar-refractivity contribution in [2.45, 2.75) is 116 Å². The molecule has 6 N–H and O–H groups in total. The average molecular weight is 1160 g/mol. The fourth-order valence-electron chi connectivity index (χ4n) is 10.4. The first-order valence-corrected chi connectivity index (χ1v) is 27.3. The second-order valence-corrected chi connectivity index (χ2v) is 20.8. The Balaban J connectivity index is 0.000000263. The Morgan fingerprint density at radius 1 is 0.446 bits per heavy atom. The normalized spacial score (nSPS) is 12.6. The molecule has 0 bridgehead atoms. The summed E-state index contributed by atoms with van der Waals surface area (Å²) in [6.07, 6.45) is -5.54. The van der Waals surface area contributed by atoms with E-state index in [9.17, 15) is 58.6 Å². The number of aliphatic hydroxyl groups excluding tert-OH is 4. The Kier molecular flexibility index (Phi) is 24.1. The molecule has 0 fully saturated rings. The second-order valence-electron chi connectivity index (χ2n) is 20.8. The van der Waals surface area contributed by atoms with E-state index in [-0.39, 0.29) is 100 Å². The Bertz CT molecular complexity index is 3170. The number of amides is 2. The van der Waals surface area contributed by atoms with Gasteiger partial charge in [-0.3, -0.25) is 9.59 Å². The van der Waals surface area contributed by atoms with Crippen LogP contribution in [-0.2, 0) is 22.7 Å². The number of halogens is 2. The molecule has 17 heteroatoms. The zero-order valence-corrected chi connectivity index (χ0v) is 49.1. The fraction of sp³-hybridized carbons (Fsp3) is 0.273. The summed E-state index contributed by atoms with van der Waals surface area (Å²) in [6, 6.07) is 49.4. The second kappa shape index (κ2) is 30.9. The van der Waals surface area contributed by atoms with Crippen molar-refractivity contribution in [1.29, 1.82) is 0 Å². The number of para-hydroxylation sites is 2. The van der Waals surface area contributed by atoms with Crippen LogP contribution in [0, 0.1) is 11.6 Å². The molecule has 0 aliphatic rings. The Morgan fingerprint density at radius 3 is 1.04 bits per heavy atom. The third-order valence-corrected chi connectivity index (χ3v) is 13.8. The molecule has 6 aromatic carbocycles. The molecule has 0 unspecified atom stereocenters. The summed E-state index contributed by atoms with van der Waals surface area (Å²) in [4.78, 5) is 49.8. The molecule has 428 valence electrons. The van der Waals surface area contributed by atoms with Crippen LogP contribution in [0.5, 0.6) is 0 Å². The molecule has 2 amide bonds. The van der Waals surface area contributed by atoms with Crippen LogP contribution in [-0.4, -0.2) is 115 Å². The largest absolute Gasteiger partial charge is 2.00 e. The summed E-state index contributed by atoms with van der Waals surface area (Å²) in [5.41, 5.74) is 9.43. The predicted molar refractivity (Wildman–Crippen MR) is 315 cm³/mol. The van der Waals surface area contributed by atoms with Gasteiger partial charge >= 0.3 is 37.7 Å². The van der Waals surface area contributed by atoms with E-state index < -0.39 is 60.8 Å². The van der Waals surface area contributed by atoms with Gasteiger partial charge in [0.15, 0.2) is 0 Å². The molecule has 2 heterocycles. The number of nitrogens with one attached hydrogen (secondary N) is 2. The third-order valence-electron chi connectivity index (χ3n) is 13.8. The molecule has 0 radical (unpaired) electrons. The Labute approximate surface area is 512 Å². The number of carbonyl (C=O) groups is 4. The van der Waals surface area contributed by atoms with Gasteiger partial charge in [0.1, 0.15) is 11.6 Å². The van der Waals surface area contributed by atoms with Gasteiger partial charge in [0, 0.05) is 71.8 Å². The molecule has 8 rings (SSSR count).